The van der Waals surface area contributed by atoms with Gasteiger partial charge in [-0.3, -0.25) is 0 Å². The van der Waals surface area contributed by atoms with Crippen molar-refractivity contribution in [2.75, 3.05) is 27.2 Å². The molecule has 2 nitrogen and oxygen atoms in total. The topological polar surface area (TPSA) is 15.3 Å². The molecular formula is C11H22N2. The van der Waals surface area contributed by atoms with Gasteiger partial charge in [-0.1, -0.05) is 6.92 Å². The fourth-order valence-electron chi connectivity index (χ4n) is 1.44. The van der Waals surface area contributed by atoms with Crippen molar-refractivity contribution < 1.29 is 0 Å². The van der Waals surface area contributed by atoms with Crippen LogP contribution >= 0.6 is 0 Å². The summed E-state index contributed by atoms with van der Waals surface area (Å²) in [5.41, 5.74) is 0. The predicted octanol–water partition coefficient (Wildman–Crippen LogP) is 1.33. The third-order valence-electron chi connectivity index (χ3n) is 1.95. The minimum atomic E-state index is 0.591. The van der Waals surface area contributed by atoms with E-state index in [-0.39, 0.29) is 0 Å². The minimum Gasteiger partial charge on any atom is -0.313 e. The van der Waals surface area contributed by atoms with Crippen LogP contribution in [0.25, 0.3) is 0 Å². The second kappa shape index (κ2) is 8.10. The smallest absolute Gasteiger partial charge is 0.0194 e. The van der Waals surface area contributed by atoms with Gasteiger partial charge in [0.15, 0.2) is 0 Å². The largest absolute Gasteiger partial charge is 0.313 e. The van der Waals surface area contributed by atoms with E-state index in [1.165, 1.54) is 6.42 Å². The highest BCUT2D eigenvalue weighted by Gasteiger charge is 2.06. The summed E-state index contributed by atoms with van der Waals surface area (Å²) in [7, 11) is 4.21. The molecule has 1 unspecified atom stereocenters. The molecule has 0 radical (unpaired) electrons. The zero-order valence-corrected chi connectivity index (χ0v) is 9.14. The second-order valence-corrected chi connectivity index (χ2v) is 3.61. The van der Waals surface area contributed by atoms with Gasteiger partial charge in [-0.05, 0) is 33.5 Å². The van der Waals surface area contributed by atoms with Crippen LogP contribution in [0.5, 0.6) is 0 Å². The van der Waals surface area contributed by atoms with Gasteiger partial charge in [0.05, 0.1) is 0 Å². The first-order valence-corrected chi connectivity index (χ1v) is 5.02. The maximum Gasteiger partial charge on any atom is 0.0194 e. The first kappa shape index (κ1) is 12.5. The fraction of sp³-hybridized carbons (Fsp3) is 0.818. The van der Waals surface area contributed by atoms with Crippen LogP contribution in [0.2, 0.25) is 0 Å². The lowest BCUT2D eigenvalue weighted by molar-refractivity contribution is 0.326. The van der Waals surface area contributed by atoms with E-state index in [2.05, 4.69) is 37.2 Å². The molecule has 13 heavy (non-hydrogen) atoms. The van der Waals surface area contributed by atoms with Crippen molar-refractivity contribution in [3.8, 4) is 12.3 Å². The molecule has 0 aromatic heterocycles. The Kier molecular flexibility index (Phi) is 7.77. The Morgan fingerprint density at radius 2 is 2.15 bits per heavy atom. The quantitative estimate of drug-likeness (QED) is 0.472. The molecule has 0 bridgehead atoms. The van der Waals surface area contributed by atoms with Gasteiger partial charge < -0.3 is 10.2 Å². The molecule has 0 aliphatic rings. The van der Waals surface area contributed by atoms with Crippen LogP contribution in [0.4, 0.5) is 0 Å². The summed E-state index contributed by atoms with van der Waals surface area (Å²) in [4.78, 5) is 2.21. The summed E-state index contributed by atoms with van der Waals surface area (Å²) < 4.78 is 0. The van der Waals surface area contributed by atoms with Crippen LogP contribution in [-0.2, 0) is 0 Å². The van der Waals surface area contributed by atoms with Crippen LogP contribution in [0.1, 0.15) is 26.2 Å². The number of nitrogens with zero attached hydrogens (tertiary/aromatic N) is 1. The van der Waals surface area contributed by atoms with Gasteiger partial charge in [0, 0.05) is 19.0 Å². The van der Waals surface area contributed by atoms with E-state index in [0.717, 1.165) is 25.9 Å². The molecule has 0 amide bonds. The number of terminal acetylenes is 1. The van der Waals surface area contributed by atoms with E-state index in [1.807, 2.05) is 0 Å². The van der Waals surface area contributed by atoms with E-state index < -0.39 is 0 Å². The van der Waals surface area contributed by atoms with E-state index >= 15 is 0 Å². The molecule has 1 N–H and O–H groups in total. The lowest BCUT2D eigenvalue weighted by Gasteiger charge is -2.21. The zero-order chi connectivity index (χ0) is 10.1. The van der Waals surface area contributed by atoms with Gasteiger partial charge in [0.2, 0.25) is 0 Å². The van der Waals surface area contributed by atoms with Crippen molar-refractivity contribution in [1.82, 2.24) is 10.2 Å². The van der Waals surface area contributed by atoms with Crippen molar-refractivity contribution in [2.45, 2.75) is 32.2 Å². The van der Waals surface area contributed by atoms with Crippen LogP contribution in [0.3, 0.4) is 0 Å². The zero-order valence-electron chi connectivity index (χ0n) is 9.14. The fourth-order valence-corrected chi connectivity index (χ4v) is 1.44. The Hall–Kier alpha value is -0.520. The Morgan fingerprint density at radius 3 is 2.62 bits per heavy atom. The minimum absolute atomic E-state index is 0.591. The summed E-state index contributed by atoms with van der Waals surface area (Å²) >= 11 is 0. The molecule has 0 aliphatic heterocycles. The predicted molar refractivity (Wildman–Crippen MR) is 58.7 cm³/mol. The standard InChI is InChI=1S/C11H22N2/c1-5-7-8-9-11(12-6-2)10-13(3)4/h1,11-12H,6-10H2,2-4H3. The summed E-state index contributed by atoms with van der Waals surface area (Å²) in [5.74, 6) is 2.68. The first-order valence-electron chi connectivity index (χ1n) is 5.02. The maximum absolute atomic E-state index is 5.21. The molecule has 0 fully saturated rings. The molecular weight excluding hydrogens is 160 g/mol. The highest BCUT2D eigenvalue weighted by molar-refractivity contribution is 4.84. The van der Waals surface area contributed by atoms with Crippen molar-refractivity contribution in [3.05, 3.63) is 0 Å². The molecule has 76 valence electrons. The summed E-state index contributed by atoms with van der Waals surface area (Å²) in [5, 5.41) is 3.46. The van der Waals surface area contributed by atoms with E-state index in [1.54, 1.807) is 0 Å². The van der Waals surface area contributed by atoms with Crippen molar-refractivity contribution in [3.63, 3.8) is 0 Å². The second-order valence-electron chi connectivity index (χ2n) is 3.61. The van der Waals surface area contributed by atoms with Gasteiger partial charge in [0.25, 0.3) is 0 Å². The third kappa shape index (κ3) is 7.83. The SMILES string of the molecule is C#CCCCC(CN(C)C)NCC. The van der Waals surface area contributed by atoms with Crippen LogP contribution < -0.4 is 5.32 Å². The van der Waals surface area contributed by atoms with Crippen molar-refractivity contribution in [2.24, 2.45) is 0 Å². The van der Waals surface area contributed by atoms with Crippen molar-refractivity contribution >= 4 is 0 Å². The Balaban J connectivity index is 3.61. The molecule has 1 atom stereocenters. The highest BCUT2D eigenvalue weighted by atomic mass is 15.1. The summed E-state index contributed by atoms with van der Waals surface area (Å²) in [6.07, 6.45) is 8.41. The van der Waals surface area contributed by atoms with Gasteiger partial charge in [-0.25, -0.2) is 0 Å². The van der Waals surface area contributed by atoms with Crippen LogP contribution in [0, 0.1) is 12.3 Å². The molecule has 0 spiro atoms. The van der Waals surface area contributed by atoms with Gasteiger partial charge >= 0.3 is 0 Å². The molecule has 0 aliphatic carbocycles. The monoisotopic (exact) mass is 182 g/mol. The Morgan fingerprint density at radius 1 is 1.46 bits per heavy atom. The number of rotatable bonds is 7. The normalized spacial score (nSPS) is 12.8. The Bertz CT molecular complexity index is 147. The number of unbranched alkanes of at least 4 members (excludes halogenated alkanes) is 1. The molecule has 2 heteroatoms. The molecule has 0 rings (SSSR count). The van der Waals surface area contributed by atoms with Gasteiger partial charge in [0.1, 0.15) is 0 Å². The number of hydrogen-bond donors (Lipinski definition) is 1. The van der Waals surface area contributed by atoms with E-state index in [9.17, 15) is 0 Å². The average Bonchev–Trinajstić information content (AvgIpc) is 2.04. The number of hydrogen-bond acceptors (Lipinski definition) is 2. The molecule has 0 aromatic carbocycles. The highest BCUT2D eigenvalue weighted by Crippen LogP contribution is 2.01. The lowest BCUT2D eigenvalue weighted by Crippen LogP contribution is -2.38. The Labute approximate surface area is 82.7 Å². The van der Waals surface area contributed by atoms with Gasteiger partial charge in [-0.15, -0.1) is 12.3 Å². The molecule has 0 saturated carbocycles. The lowest BCUT2D eigenvalue weighted by atomic mass is 10.1. The number of likely N-dealkylation sites (N-methyl/N-ethyl adjacent to an activating group) is 2. The maximum atomic E-state index is 5.21. The molecule has 0 aromatic rings. The molecule has 0 heterocycles. The number of nitrogens with one attached hydrogen (secondary N) is 1. The van der Waals surface area contributed by atoms with E-state index in [0.29, 0.717) is 6.04 Å². The average molecular weight is 182 g/mol. The third-order valence-corrected chi connectivity index (χ3v) is 1.95. The summed E-state index contributed by atoms with van der Waals surface area (Å²) in [6, 6.07) is 0.591. The van der Waals surface area contributed by atoms with Gasteiger partial charge in [-0.2, -0.15) is 0 Å². The van der Waals surface area contributed by atoms with Crippen molar-refractivity contribution in [1.29, 1.82) is 0 Å². The first-order chi connectivity index (χ1) is 6.20. The summed E-state index contributed by atoms with van der Waals surface area (Å²) in [6.45, 7) is 4.27. The van der Waals surface area contributed by atoms with Crippen LogP contribution in [0.15, 0.2) is 0 Å². The molecule has 0 saturated heterocycles. The van der Waals surface area contributed by atoms with Crippen LogP contribution in [-0.4, -0.2) is 38.1 Å². The van der Waals surface area contributed by atoms with E-state index in [4.69, 9.17) is 6.42 Å².